The molecule has 0 amide bonds. The van der Waals surface area contributed by atoms with Crippen molar-refractivity contribution < 1.29 is 14.8 Å². The summed E-state index contributed by atoms with van der Waals surface area (Å²) in [6.07, 6.45) is 2.02. The Hall–Kier alpha value is -2.82. The molecule has 2 aromatic rings. The van der Waals surface area contributed by atoms with Crippen molar-refractivity contribution in [3.05, 3.63) is 76.4 Å². The van der Waals surface area contributed by atoms with E-state index in [9.17, 15) is 15.2 Å². The number of phenolic OH excluding ortho intramolecular Hbond substituents is 1. The summed E-state index contributed by atoms with van der Waals surface area (Å²) in [6.45, 7) is 3.81. The molecule has 0 saturated carbocycles. The molecule has 0 bridgehead atoms. The Morgan fingerprint density at radius 1 is 1.29 bits per heavy atom. The minimum absolute atomic E-state index is 0.131. The van der Waals surface area contributed by atoms with Gasteiger partial charge in [-0.05, 0) is 18.1 Å². The van der Waals surface area contributed by atoms with Crippen molar-refractivity contribution in [1.82, 2.24) is 0 Å². The Labute approximate surface area is 122 Å². The summed E-state index contributed by atoms with van der Waals surface area (Å²) in [4.78, 5) is 10.5. The van der Waals surface area contributed by atoms with E-state index in [-0.39, 0.29) is 23.8 Å². The van der Waals surface area contributed by atoms with Gasteiger partial charge in [-0.15, -0.1) is 6.58 Å². The van der Waals surface area contributed by atoms with Crippen LogP contribution < -0.4 is 4.74 Å². The Bertz CT molecular complexity index is 653. The standard InChI is InChI=1S/C16H15NO4/c1-2-6-13-9-16(14(17(19)20)10-15(13)18)21-11-12-7-4-3-5-8-12/h2-5,7-10,18H,1,6,11H2. The molecular weight excluding hydrogens is 270 g/mol. The summed E-state index contributed by atoms with van der Waals surface area (Å²) >= 11 is 0. The first-order chi connectivity index (χ1) is 10.1. The van der Waals surface area contributed by atoms with Gasteiger partial charge in [-0.2, -0.15) is 0 Å². The van der Waals surface area contributed by atoms with Crippen LogP contribution in [0.5, 0.6) is 11.5 Å². The molecule has 0 heterocycles. The minimum atomic E-state index is -0.572. The Kier molecular flexibility index (Phi) is 4.56. The molecular formula is C16H15NO4. The molecule has 0 saturated heterocycles. The SMILES string of the molecule is C=CCc1cc(OCc2ccccc2)c([N+](=O)[O-])cc1O. The predicted molar refractivity (Wildman–Crippen MR) is 79.4 cm³/mol. The number of benzene rings is 2. The quantitative estimate of drug-likeness (QED) is 0.500. The molecule has 2 rings (SSSR count). The maximum absolute atomic E-state index is 11.0. The number of allylic oxidation sites excluding steroid dienone is 1. The fourth-order valence-electron chi connectivity index (χ4n) is 1.91. The highest BCUT2D eigenvalue weighted by Crippen LogP contribution is 2.34. The van der Waals surface area contributed by atoms with Crippen molar-refractivity contribution in [1.29, 1.82) is 0 Å². The molecule has 1 N–H and O–H groups in total. The van der Waals surface area contributed by atoms with Crippen LogP contribution in [-0.2, 0) is 13.0 Å². The van der Waals surface area contributed by atoms with Crippen LogP contribution in [-0.4, -0.2) is 10.0 Å². The van der Waals surface area contributed by atoms with Crippen molar-refractivity contribution in [2.75, 3.05) is 0 Å². The fourth-order valence-corrected chi connectivity index (χ4v) is 1.91. The Morgan fingerprint density at radius 3 is 2.62 bits per heavy atom. The van der Waals surface area contributed by atoms with Gasteiger partial charge in [0.2, 0.25) is 0 Å². The zero-order valence-corrected chi connectivity index (χ0v) is 11.4. The van der Waals surface area contributed by atoms with Crippen LogP contribution >= 0.6 is 0 Å². The number of nitro groups is 1. The van der Waals surface area contributed by atoms with Crippen molar-refractivity contribution in [2.45, 2.75) is 13.0 Å². The largest absolute Gasteiger partial charge is 0.507 e. The second-order valence-electron chi connectivity index (χ2n) is 4.47. The third-order valence-electron chi connectivity index (χ3n) is 2.96. The molecule has 21 heavy (non-hydrogen) atoms. The van der Waals surface area contributed by atoms with E-state index in [1.54, 1.807) is 6.08 Å². The van der Waals surface area contributed by atoms with E-state index >= 15 is 0 Å². The smallest absolute Gasteiger partial charge is 0.314 e. The van der Waals surface area contributed by atoms with Crippen molar-refractivity contribution in [3.8, 4) is 11.5 Å². The zero-order valence-electron chi connectivity index (χ0n) is 11.4. The number of hydrogen-bond acceptors (Lipinski definition) is 4. The molecule has 5 nitrogen and oxygen atoms in total. The lowest BCUT2D eigenvalue weighted by molar-refractivity contribution is -0.386. The molecule has 0 spiro atoms. The normalized spacial score (nSPS) is 10.1. The first kappa shape index (κ1) is 14.6. The summed E-state index contributed by atoms with van der Waals surface area (Å²) in [5.74, 6) is 0.00663. The second kappa shape index (κ2) is 6.56. The molecule has 0 aromatic heterocycles. The lowest BCUT2D eigenvalue weighted by atomic mass is 10.1. The summed E-state index contributed by atoms with van der Waals surface area (Å²) in [7, 11) is 0. The summed E-state index contributed by atoms with van der Waals surface area (Å²) < 4.78 is 5.54. The topological polar surface area (TPSA) is 72.6 Å². The monoisotopic (exact) mass is 285 g/mol. The highest BCUT2D eigenvalue weighted by molar-refractivity contribution is 5.55. The van der Waals surface area contributed by atoms with Gasteiger partial charge in [0.05, 0.1) is 11.0 Å². The van der Waals surface area contributed by atoms with Crippen LogP contribution in [0.15, 0.2) is 55.1 Å². The average molecular weight is 285 g/mol. The van der Waals surface area contributed by atoms with E-state index < -0.39 is 4.92 Å². The average Bonchev–Trinajstić information content (AvgIpc) is 2.48. The maximum Gasteiger partial charge on any atom is 0.314 e. The molecule has 0 fully saturated rings. The van der Waals surface area contributed by atoms with Gasteiger partial charge in [0.25, 0.3) is 0 Å². The van der Waals surface area contributed by atoms with Gasteiger partial charge in [-0.1, -0.05) is 36.4 Å². The van der Waals surface area contributed by atoms with Crippen LogP contribution in [0.1, 0.15) is 11.1 Å². The molecule has 0 unspecified atom stereocenters. The molecule has 0 aliphatic carbocycles. The summed E-state index contributed by atoms with van der Waals surface area (Å²) in [5, 5.41) is 20.8. The minimum Gasteiger partial charge on any atom is -0.507 e. The van der Waals surface area contributed by atoms with Gasteiger partial charge in [-0.3, -0.25) is 10.1 Å². The van der Waals surface area contributed by atoms with Gasteiger partial charge in [0.1, 0.15) is 12.4 Å². The third-order valence-corrected chi connectivity index (χ3v) is 2.96. The molecule has 0 radical (unpaired) electrons. The molecule has 2 aromatic carbocycles. The number of phenols is 1. The van der Waals surface area contributed by atoms with Gasteiger partial charge < -0.3 is 9.84 Å². The number of hydrogen-bond donors (Lipinski definition) is 1. The van der Waals surface area contributed by atoms with Crippen LogP contribution in [0.4, 0.5) is 5.69 Å². The lowest BCUT2D eigenvalue weighted by Gasteiger charge is -2.10. The molecule has 0 aliphatic heterocycles. The van der Waals surface area contributed by atoms with E-state index in [2.05, 4.69) is 6.58 Å². The third kappa shape index (κ3) is 3.60. The van der Waals surface area contributed by atoms with Crippen LogP contribution in [0, 0.1) is 10.1 Å². The Morgan fingerprint density at radius 2 is 2.00 bits per heavy atom. The summed E-state index contributed by atoms with van der Waals surface area (Å²) in [5.41, 5.74) is 1.19. The van der Waals surface area contributed by atoms with Crippen molar-refractivity contribution in [2.24, 2.45) is 0 Å². The van der Waals surface area contributed by atoms with Crippen LogP contribution in [0.25, 0.3) is 0 Å². The number of ether oxygens (including phenoxy) is 1. The fraction of sp³-hybridized carbons (Fsp3) is 0.125. The second-order valence-corrected chi connectivity index (χ2v) is 4.47. The van der Waals surface area contributed by atoms with Gasteiger partial charge >= 0.3 is 5.69 Å². The van der Waals surface area contributed by atoms with Crippen LogP contribution in [0.2, 0.25) is 0 Å². The maximum atomic E-state index is 11.0. The molecule has 0 atom stereocenters. The number of aromatic hydroxyl groups is 1. The van der Waals surface area contributed by atoms with E-state index in [1.165, 1.54) is 6.07 Å². The number of rotatable bonds is 6. The van der Waals surface area contributed by atoms with Gasteiger partial charge in [-0.25, -0.2) is 0 Å². The Balaban J connectivity index is 2.29. The predicted octanol–water partition coefficient (Wildman–Crippen LogP) is 3.61. The van der Waals surface area contributed by atoms with Gasteiger partial charge in [0.15, 0.2) is 5.75 Å². The van der Waals surface area contributed by atoms with Crippen LogP contribution in [0.3, 0.4) is 0 Å². The number of nitrogens with zero attached hydrogens (tertiary/aromatic N) is 1. The van der Waals surface area contributed by atoms with E-state index in [0.29, 0.717) is 12.0 Å². The highest BCUT2D eigenvalue weighted by atomic mass is 16.6. The zero-order chi connectivity index (χ0) is 15.2. The number of nitro benzene ring substituents is 1. The first-order valence-electron chi connectivity index (χ1n) is 6.39. The van der Waals surface area contributed by atoms with Gasteiger partial charge in [0, 0.05) is 5.56 Å². The van der Waals surface area contributed by atoms with Crippen molar-refractivity contribution in [3.63, 3.8) is 0 Å². The first-order valence-corrected chi connectivity index (χ1v) is 6.39. The van der Waals surface area contributed by atoms with E-state index in [0.717, 1.165) is 11.6 Å². The van der Waals surface area contributed by atoms with Crippen molar-refractivity contribution >= 4 is 5.69 Å². The molecule has 108 valence electrons. The summed E-state index contributed by atoms with van der Waals surface area (Å²) in [6, 6.07) is 12.0. The molecule has 0 aliphatic rings. The van der Waals surface area contributed by atoms with E-state index in [4.69, 9.17) is 4.74 Å². The highest BCUT2D eigenvalue weighted by Gasteiger charge is 2.19. The lowest BCUT2D eigenvalue weighted by Crippen LogP contribution is -2.00. The molecule has 5 heteroatoms. The van der Waals surface area contributed by atoms with E-state index in [1.807, 2.05) is 30.3 Å².